The number of aromatic nitrogens is 2. The van der Waals surface area contributed by atoms with Gasteiger partial charge in [0, 0.05) is 37.4 Å². The van der Waals surface area contributed by atoms with Crippen molar-refractivity contribution in [3.63, 3.8) is 0 Å². The quantitative estimate of drug-likeness (QED) is 0.367. The van der Waals surface area contributed by atoms with Gasteiger partial charge in [-0.15, -0.1) is 11.3 Å². The van der Waals surface area contributed by atoms with Crippen molar-refractivity contribution in [3.05, 3.63) is 69.4 Å². The van der Waals surface area contributed by atoms with Crippen molar-refractivity contribution in [1.29, 1.82) is 0 Å². The first-order chi connectivity index (χ1) is 17.0. The highest BCUT2D eigenvalue weighted by Crippen LogP contribution is 2.30. The summed E-state index contributed by atoms with van der Waals surface area (Å²) in [6.07, 6.45) is 0. The summed E-state index contributed by atoms with van der Waals surface area (Å²) in [6.45, 7) is 2.64. The minimum atomic E-state index is -0.338. The van der Waals surface area contributed by atoms with E-state index in [1.165, 1.54) is 11.3 Å². The van der Waals surface area contributed by atoms with Gasteiger partial charge in [-0.2, -0.15) is 8.75 Å². The molecule has 8 nitrogen and oxygen atoms in total. The molecule has 1 aliphatic rings. The van der Waals surface area contributed by atoms with Gasteiger partial charge < -0.3 is 15.1 Å². The molecule has 2 amide bonds. The summed E-state index contributed by atoms with van der Waals surface area (Å²) < 4.78 is 8.29. The van der Waals surface area contributed by atoms with Crippen LogP contribution in [0.4, 0.5) is 11.4 Å². The van der Waals surface area contributed by atoms with Crippen LogP contribution >= 0.6 is 46.9 Å². The molecular formula is C23H19ClN6O2S3. The molecule has 35 heavy (non-hydrogen) atoms. The van der Waals surface area contributed by atoms with Crippen LogP contribution in [0.25, 0.3) is 11.0 Å². The largest absolute Gasteiger partial charge is 0.367 e. The first kappa shape index (κ1) is 23.6. The lowest BCUT2D eigenvalue weighted by atomic mass is 10.2. The van der Waals surface area contributed by atoms with E-state index >= 15 is 0 Å². The number of anilines is 2. The predicted octanol–water partition coefficient (Wildman–Crippen LogP) is 4.50. The third-order valence-corrected chi connectivity index (χ3v) is 7.51. The van der Waals surface area contributed by atoms with E-state index in [-0.39, 0.29) is 16.9 Å². The number of amides is 2. The molecule has 2 N–H and O–H groups in total. The fourth-order valence-electron chi connectivity index (χ4n) is 3.81. The van der Waals surface area contributed by atoms with Crippen LogP contribution in [0.3, 0.4) is 0 Å². The molecule has 2 aromatic heterocycles. The van der Waals surface area contributed by atoms with Gasteiger partial charge in [0.15, 0.2) is 5.11 Å². The second-order valence-corrected chi connectivity index (χ2v) is 10.1. The van der Waals surface area contributed by atoms with Gasteiger partial charge >= 0.3 is 0 Å². The molecule has 2 aromatic carbocycles. The Hall–Kier alpha value is -3.12. The van der Waals surface area contributed by atoms with E-state index in [0.717, 1.165) is 27.8 Å². The van der Waals surface area contributed by atoms with Crippen molar-refractivity contribution in [1.82, 2.24) is 19.0 Å². The van der Waals surface area contributed by atoms with Gasteiger partial charge in [0.2, 0.25) is 0 Å². The molecule has 4 aromatic rings. The number of benzene rings is 2. The zero-order valence-corrected chi connectivity index (χ0v) is 21.4. The fourth-order valence-corrected chi connectivity index (χ4v) is 5.53. The van der Waals surface area contributed by atoms with Crippen molar-refractivity contribution in [2.45, 2.75) is 0 Å². The average Bonchev–Trinajstić information content (AvgIpc) is 3.55. The summed E-state index contributed by atoms with van der Waals surface area (Å²) >= 11 is 14.4. The van der Waals surface area contributed by atoms with Gasteiger partial charge in [-0.3, -0.25) is 14.9 Å². The van der Waals surface area contributed by atoms with E-state index in [1.807, 2.05) is 34.5 Å². The van der Waals surface area contributed by atoms with Gasteiger partial charge in [0.1, 0.15) is 11.0 Å². The van der Waals surface area contributed by atoms with Gasteiger partial charge in [0.05, 0.1) is 27.3 Å². The highest BCUT2D eigenvalue weighted by Gasteiger charge is 2.24. The lowest BCUT2D eigenvalue weighted by molar-refractivity contribution is 0.0751. The SMILES string of the molecule is O=C(NC(=S)Nc1ccc(N2CCN(C(=O)c3cccs3)CC2)c(Cl)c1)c1ccc2nsnc2c1. The minimum absolute atomic E-state index is 0.0732. The van der Waals surface area contributed by atoms with Crippen LogP contribution < -0.4 is 15.5 Å². The Morgan fingerprint density at radius 3 is 2.54 bits per heavy atom. The number of rotatable bonds is 4. The zero-order valence-electron chi connectivity index (χ0n) is 18.2. The van der Waals surface area contributed by atoms with Crippen LogP contribution in [0.15, 0.2) is 53.9 Å². The van der Waals surface area contributed by atoms with Crippen molar-refractivity contribution >= 4 is 86.2 Å². The maximum atomic E-state index is 12.6. The normalized spacial score (nSPS) is 13.6. The van der Waals surface area contributed by atoms with Gasteiger partial charge in [0.25, 0.3) is 11.8 Å². The summed E-state index contributed by atoms with van der Waals surface area (Å²) in [5.74, 6) is -0.265. The standard InChI is InChI=1S/C23H19ClN6O2S3/c24-16-13-15(25-23(33)26-21(31)14-3-5-17-18(12-14)28-35-27-17)4-6-19(16)29-7-9-30(10-8-29)22(32)20-2-1-11-34-20/h1-6,11-13H,7-10H2,(H2,25,26,31,33). The smallest absolute Gasteiger partial charge is 0.264 e. The molecule has 5 rings (SSSR count). The summed E-state index contributed by atoms with van der Waals surface area (Å²) in [6, 6.07) is 14.4. The number of halogens is 1. The van der Waals surface area contributed by atoms with E-state index in [0.29, 0.717) is 48.0 Å². The van der Waals surface area contributed by atoms with E-state index in [4.69, 9.17) is 23.8 Å². The maximum absolute atomic E-state index is 12.6. The molecule has 0 spiro atoms. The van der Waals surface area contributed by atoms with Crippen molar-refractivity contribution in [2.24, 2.45) is 0 Å². The number of thiophene rings is 1. The molecule has 0 aliphatic carbocycles. The monoisotopic (exact) mass is 542 g/mol. The molecule has 1 aliphatic heterocycles. The number of nitrogens with one attached hydrogen (secondary N) is 2. The number of hydrogen-bond acceptors (Lipinski definition) is 8. The molecule has 1 saturated heterocycles. The Labute approximate surface area is 219 Å². The van der Waals surface area contributed by atoms with E-state index in [9.17, 15) is 9.59 Å². The lowest BCUT2D eigenvalue weighted by Gasteiger charge is -2.36. The molecule has 0 radical (unpaired) electrons. The Kier molecular flexibility index (Phi) is 6.91. The topological polar surface area (TPSA) is 90.5 Å². The van der Waals surface area contributed by atoms with E-state index in [1.54, 1.807) is 24.3 Å². The Morgan fingerprint density at radius 1 is 1.00 bits per heavy atom. The molecule has 3 heterocycles. The van der Waals surface area contributed by atoms with Crippen LogP contribution in [-0.2, 0) is 0 Å². The Morgan fingerprint density at radius 2 is 1.80 bits per heavy atom. The third kappa shape index (κ3) is 5.27. The second-order valence-electron chi connectivity index (χ2n) is 7.80. The summed E-state index contributed by atoms with van der Waals surface area (Å²) in [5.41, 5.74) is 3.41. The second kappa shape index (κ2) is 10.2. The number of carbonyl (C=O) groups is 2. The molecule has 0 unspecified atom stereocenters. The number of nitrogens with zero attached hydrogens (tertiary/aromatic N) is 4. The van der Waals surface area contributed by atoms with E-state index < -0.39 is 0 Å². The van der Waals surface area contributed by atoms with Crippen LogP contribution in [0.2, 0.25) is 5.02 Å². The van der Waals surface area contributed by atoms with E-state index in [2.05, 4.69) is 24.3 Å². The summed E-state index contributed by atoms with van der Waals surface area (Å²) in [7, 11) is 0. The van der Waals surface area contributed by atoms with Gasteiger partial charge in [-0.1, -0.05) is 17.7 Å². The van der Waals surface area contributed by atoms with Crippen LogP contribution in [0.5, 0.6) is 0 Å². The number of fused-ring (bicyclic) bond motifs is 1. The molecular weight excluding hydrogens is 524 g/mol. The molecule has 0 saturated carbocycles. The Balaban J connectivity index is 1.17. The minimum Gasteiger partial charge on any atom is -0.367 e. The highest BCUT2D eigenvalue weighted by molar-refractivity contribution is 7.80. The van der Waals surface area contributed by atoms with Gasteiger partial charge in [-0.05, 0) is 60.1 Å². The van der Waals surface area contributed by atoms with Crippen LogP contribution in [0.1, 0.15) is 20.0 Å². The fraction of sp³-hybridized carbons (Fsp3) is 0.174. The first-order valence-electron chi connectivity index (χ1n) is 10.7. The Bertz CT molecular complexity index is 1400. The molecule has 1 fully saturated rings. The predicted molar refractivity (Wildman–Crippen MR) is 145 cm³/mol. The summed E-state index contributed by atoms with van der Waals surface area (Å²) in [4.78, 5) is 29.9. The van der Waals surface area contributed by atoms with Crippen molar-refractivity contribution in [3.8, 4) is 0 Å². The van der Waals surface area contributed by atoms with Crippen molar-refractivity contribution in [2.75, 3.05) is 36.4 Å². The number of thiocarbonyl (C=S) groups is 1. The molecule has 0 atom stereocenters. The third-order valence-electron chi connectivity index (χ3n) is 5.59. The first-order valence-corrected chi connectivity index (χ1v) is 13.1. The van der Waals surface area contributed by atoms with Crippen LogP contribution in [0, 0.1) is 0 Å². The molecule has 178 valence electrons. The molecule has 0 bridgehead atoms. The van der Waals surface area contributed by atoms with Crippen molar-refractivity contribution < 1.29 is 9.59 Å². The maximum Gasteiger partial charge on any atom is 0.264 e. The van der Waals surface area contributed by atoms with Gasteiger partial charge in [-0.25, -0.2) is 0 Å². The number of piperazine rings is 1. The number of carbonyl (C=O) groups excluding carboxylic acids is 2. The number of hydrogen-bond donors (Lipinski definition) is 2. The lowest BCUT2D eigenvalue weighted by Crippen LogP contribution is -2.48. The van der Waals surface area contributed by atoms with Crippen LogP contribution in [-0.4, -0.2) is 56.8 Å². The average molecular weight is 543 g/mol. The summed E-state index contributed by atoms with van der Waals surface area (Å²) in [5, 5.41) is 8.31. The highest BCUT2D eigenvalue weighted by atomic mass is 35.5. The molecule has 12 heteroatoms. The zero-order chi connectivity index (χ0) is 24.4.